The topological polar surface area (TPSA) is 125 Å². The van der Waals surface area contributed by atoms with Crippen LogP contribution in [0.15, 0.2) is 16.6 Å². The number of hydrogen-bond donors (Lipinski definition) is 2. The van der Waals surface area contributed by atoms with Gasteiger partial charge in [-0.25, -0.2) is 4.98 Å². The molecule has 0 aliphatic rings. The van der Waals surface area contributed by atoms with Gasteiger partial charge in [0.1, 0.15) is 5.69 Å². The minimum absolute atomic E-state index is 0.0602. The van der Waals surface area contributed by atoms with Crippen LogP contribution in [0.3, 0.4) is 0 Å². The number of hydrogen-bond acceptors (Lipinski definition) is 6. The average Bonchev–Trinajstić information content (AvgIpc) is 2.85. The minimum Gasteiger partial charge on any atom is -0.358 e. The van der Waals surface area contributed by atoms with Crippen molar-refractivity contribution in [2.75, 3.05) is 0 Å². The summed E-state index contributed by atoms with van der Waals surface area (Å²) in [6, 6.07) is 0. The van der Waals surface area contributed by atoms with Crippen LogP contribution in [-0.2, 0) is 0 Å². The molecule has 9 heteroatoms. The maximum atomic E-state index is 10.6. The van der Waals surface area contributed by atoms with Gasteiger partial charge in [-0.3, -0.25) is 5.10 Å². The highest BCUT2D eigenvalue weighted by atomic mass is 16.6. The van der Waals surface area contributed by atoms with Gasteiger partial charge in [0.25, 0.3) is 5.82 Å². The van der Waals surface area contributed by atoms with Gasteiger partial charge < -0.3 is 10.1 Å². The summed E-state index contributed by atoms with van der Waals surface area (Å²) in [7, 11) is 0. The lowest BCUT2D eigenvalue weighted by Crippen LogP contribution is -1.87. The Hall–Kier alpha value is -2.58. The molecule has 2 aromatic rings. The summed E-state index contributed by atoms with van der Waals surface area (Å²) in [5.74, 6) is -0.345. The fraction of sp³-hybridized carbons (Fsp3) is 0.250. The monoisotopic (exact) mass is 235 g/mol. The largest absolute Gasteiger partial charge is 0.369 e. The lowest BCUT2D eigenvalue weighted by atomic mass is 10.3. The fourth-order valence-corrected chi connectivity index (χ4v) is 1.28. The molecule has 0 fully saturated rings. The first-order valence-corrected chi connectivity index (χ1v) is 4.70. The molecule has 2 rings (SSSR count). The Morgan fingerprint density at radius 2 is 2.18 bits per heavy atom. The van der Waals surface area contributed by atoms with Crippen molar-refractivity contribution in [2.45, 2.75) is 13.8 Å². The number of nitrogens with one attached hydrogen (secondary N) is 2. The molecule has 0 radical (unpaired) electrons. The van der Waals surface area contributed by atoms with Crippen molar-refractivity contribution in [1.82, 2.24) is 20.2 Å². The number of imidazole rings is 1. The van der Waals surface area contributed by atoms with Crippen molar-refractivity contribution in [3.8, 4) is 0 Å². The van der Waals surface area contributed by atoms with Gasteiger partial charge in [-0.2, -0.15) is 10.1 Å². The molecule has 0 amide bonds. The van der Waals surface area contributed by atoms with Crippen LogP contribution in [-0.4, -0.2) is 25.1 Å². The normalized spacial score (nSPS) is 11.2. The summed E-state index contributed by atoms with van der Waals surface area (Å²) in [5.41, 5.74) is 1.97. The lowest BCUT2D eigenvalue weighted by molar-refractivity contribution is -0.388. The summed E-state index contributed by atoms with van der Waals surface area (Å²) < 4.78 is 0. The van der Waals surface area contributed by atoms with E-state index in [1.165, 1.54) is 6.33 Å². The van der Waals surface area contributed by atoms with E-state index in [0.717, 1.165) is 5.69 Å². The van der Waals surface area contributed by atoms with Crippen molar-refractivity contribution >= 4 is 17.3 Å². The molecule has 2 aromatic heterocycles. The quantitative estimate of drug-likeness (QED) is 0.479. The zero-order valence-corrected chi connectivity index (χ0v) is 9.13. The molecule has 9 nitrogen and oxygen atoms in total. The summed E-state index contributed by atoms with van der Waals surface area (Å²) in [6.45, 7) is 3.55. The van der Waals surface area contributed by atoms with Crippen LogP contribution in [0.2, 0.25) is 0 Å². The second-order valence-corrected chi connectivity index (χ2v) is 3.31. The first kappa shape index (κ1) is 10.9. The predicted octanol–water partition coefficient (Wildman–Crippen LogP) is 2.07. The van der Waals surface area contributed by atoms with Gasteiger partial charge in [0.15, 0.2) is 6.33 Å². The molecule has 2 heterocycles. The molecule has 17 heavy (non-hydrogen) atoms. The van der Waals surface area contributed by atoms with Gasteiger partial charge in [0, 0.05) is 0 Å². The molecule has 0 atom stereocenters. The number of nitrogens with zero attached hydrogens (tertiary/aromatic N) is 5. The Morgan fingerprint density at radius 1 is 1.41 bits per heavy atom. The highest BCUT2D eigenvalue weighted by molar-refractivity contribution is 5.48. The van der Waals surface area contributed by atoms with E-state index in [9.17, 15) is 10.1 Å². The maximum Gasteiger partial charge on any atom is 0.369 e. The van der Waals surface area contributed by atoms with Gasteiger partial charge in [-0.1, -0.05) is 0 Å². The first-order chi connectivity index (χ1) is 8.09. The van der Waals surface area contributed by atoms with Crippen molar-refractivity contribution in [3.05, 3.63) is 27.8 Å². The SMILES string of the molecule is Cc1n[nH]c(C)c1N=Nc1nc[nH]c1[N+](=O)[O-]. The smallest absolute Gasteiger partial charge is 0.358 e. The second kappa shape index (κ2) is 4.12. The predicted molar refractivity (Wildman–Crippen MR) is 57.5 cm³/mol. The number of azo groups is 1. The lowest BCUT2D eigenvalue weighted by Gasteiger charge is -1.91. The molecule has 0 unspecified atom stereocenters. The molecule has 0 saturated carbocycles. The number of aryl methyl sites for hydroxylation is 2. The molecule has 2 N–H and O–H groups in total. The Morgan fingerprint density at radius 3 is 2.76 bits per heavy atom. The number of aromatic nitrogens is 4. The minimum atomic E-state index is -0.601. The van der Waals surface area contributed by atoms with Crippen molar-refractivity contribution < 1.29 is 4.92 Å². The van der Waals surface area contributed by atoms with Crippen molar-refractivity contribution in [2.24, 2.45) is 10.2 Å². The fourth-order valence-electron chi connectivity index (χ4n) is 1.28. The molecule has 0 bridgehead atoms. The van der Waals surface area contributed by atoms with Gasteiger partial charge in [0.05, 0.1) is 11.4 Å². The van der Waals surface area contributed by atoms with Crippen molar-refractivity contribution in [3.63, 3.8) is 0 Å². The Labute approximate surface area is 95.1 Å². The standard InChI is InChI=1S/C8H9N7O2/c1-4-6(5(2)12-11-4)13-14-7-8(15(16)17)10-3-9-7/h3H,1-2H3,(H,9,10)(H,11,12). The van der Waals surface area contributed by atoms with Gasteiger partial charge >= 0.3 is 5.82 Å². The van der Waals surface area contributed by atoms with E-state index in [2.05, 4.69) is 30.4 Å². The number of H-pyrrole nitrogens is 2. The summed E-state index contributed by atoms with van der Waals surface area (Å²) in [5, 5.41) is 24.9. The van der Waals surface area contributed by atoms with Crippen LogP contribution in [0, 0.1) is 24.0 Å². The number of nitro groups is 1. The highest BCUT2D eigenvalue weighted by Gasteiger charge is 2.15. The maximum absolute atomic E-state index is 10.6. The van der Waals surface area contributed by atoms with E-state index in [-0.39, 0.29) is 11.6 Å². The second-order valence-electron chi connectivity index (χ2n) is 3.31. The molecule has 0 saturated heterocycles. The molecule has 0 aliphatic carbocycles. The van der Waals surface area contributed by atoms with E-state index in [1.807, 2.05) is 0 Å². The third-order valence-corrected chi connectivity index (χ3v) is 2.12. The van der Waals surface area contributed by atoms with Gasteiger partial charge in [-0.05, 0) is 18.8 Å². The number of aromatic amines is 2. The van der Waals surface area contributed by atoms with E-state index in [4.69, 9.17) is 0 Å². The highest BCUT2D eigenvalue weighted by Crippen LogP contribution is 2.26. The molecule has 88 valence electrons. The summed E-state index contributed by atoms with van der Waals surface area (Å²) in [6.07, 6.45) is 1.20. The van der Waals surface area contributed by atoms with E-state index in [0.29, 0.717) is 11.4 Å². The van der Waals surface area contributed by atoms with Crippen molar-refractivity contribution in [1.29, 1.82) is 0 Å². The van der Waals surface area contributed by atoms with Gasteiger partial charge in [-0.15, -0.1) is 10.2 Å². The van der Waals surface area contributed by atoms with Crippen LogP contribution in [0.5, 0.6) is 0 Å². The van der Waals surface area contributed by atoms with E-state index >= 15 is 0 Å². The van der Waals surface area contributed by atoms with E-state index in [1.54, 1.807) is 13.8 Å². The Balaban J connectivity index is 2.32. The zero-order chi connectivity index (χ0) is 12.4. The molecular weight excluding hydrogens is 226 g/mol. The third-order valence-electron chi connectivity index (χ3n) is 2.12. The molecule has 0 aromatic carbocycles. The van der Waals surface area contributed by atoms with E-state index < -0.39 is 4.92 Å². The first-order valence-electron chi connectivity index (χ1n) is 4.70. The number of rotatable bonds is 3. The third kappa shape index (κ3) is 2.02. The summed E-state index contributed by atoms with van der Waals surface area (Å²) >= 11 is 0. The average molecular weight is 235 g/mol. The molecule has 0 spiro atoms. The van der Waals surface area contributed by atoms with Crippen LogP contribution >= 0.6 is 0 Å². The molecular formula is C8H9N7O2. The van der Waals surface area contributed by atoms with Gasteiger partial charge in [0.2, 0.25) is 0 Å². The Bertz CT molecular complexity index is 563. The van der Waals surface area contributed by atoms with Crippen LogP contribution < -0.4 is 0 Å². The van der Waals surface area contributed by atoms with Crippen LogP contribution in [0.1, 0.15) is 11.4 Å². The zero-order valence-electron chi connectivity index (χ0n) is 9.13. The van der Waals surface area contributed by atoms with Crippen LogP contribution in [0.4, 0.5) is 17.3 Å². The molecule has 0 aliphatic heterocycles. The van der Waals surface area contributed by atoms with Crippen LogP contribution in [0.25, 0.3) is 0 Å². The Kier molecular flexibility index (Phi) is 2.65. The summed E-state index contributed by atoms with van der Waals surface area (Å²) in [4.78, 5) is 16.1.